The van der Waals surface area contributed by atoms with Crippen LogP contribution < -0.4 is 11.1 Å². The van der Waals surface area contributed by atoms with Gasteiger partial charge < -0.3 is 11.1 Å². The van der Waals surface area contributed by atoms with Gasteiger partial charge in [0.15, 0.2) is 0 Å². The highest BCUT2D eigenvalue weighted by molar-refractivity contribution is 5.75. The molecule has 18 heavy (non-hydrogen) atoms. The van der Waals surface area contributed by atoms with E-state index in [9.17, 15) is 4.79 Å². The Morgan fingerprint density at radius 3 is 2.50 bits per heavy atom. The second-order valence-electron chi connectivity index (χ2n) is 6.51. The maximum absolute atomic E-state index is 11.8. The minimum absolute atomic E-state index is 0.191. The molecule has 3 nitrogen and oxygen atoms in total. The van der Waals surface area contributed by atoms with Gasteiger partial charge in [-0.05, 0) is 43.6 Å². The fourth-order valence-electron chi connectivity index (χ4n) is 2.71. The monoisotopic (exact) mass is 254 g/mol. The maximum Gasteiger partial charge on any atom is 0.220 e. The fraction of sp³-hybridized carbons (Fsp3) is 0.933. The van der Waals surface area contributed by atoms with Crippen LogP contribution in [0.5, 0.6) is 0 Å². The minimum Gasteiger partial charge on any atom is -0.356 e. The van der Waals surface area contributed by atoms with Gasteiger partial charge in [0.2, 0.25) is 5.91 Å². The highest BCUT2D eigenvalue weighted by Gasteiger charge is 2.19. The predicted molar refractivity (Wildman–Crippen MR) is 76.3 cm³/mol. The molecule has 0 heterocycles. The summed E-state index contributed by atoms with van der Waals surface area (Å²) in [7, 11) is 0. The lowest BCUT2D eigenvalue weighted by molar-refractivity contribution is -0.121. The SMILES string of the molecule is CC(C)(CCN)CCC(=O)NCC1CCCCC1. The molecule has 1 amide bonds. The van der Waals surface area contributed by atoms with E-state index in [1.165, 1.54) is 32.1 Å². The van der Waals surface area contributed by atoms with Crippen LogP contribution >= 0.6 is 0 Å². The molecule has 0 atom stereocenters. The normalized spacial score (nSPS) is 17.7. The molecule has 1 aliphatic rings. The molecule has 0 saturated heterocycles. The van der Waals surface area contributed by atoms with E-state index in [0.29, 0.717) is 13.0 Å². The van der Waals surface area contributed by atoms with Crippen molar-refractivity contribution in [1.82, 2.24) is 5.32 Å². The number of rotatable bonds is 7. The van der Waals surface area contributed by atoms with E-state index in [0.717, 1.165) is 25.3 Å². The van der Waals surface area contributed by atoms with Crippen molar-refractivity contribution in [3.05, 3.63) is 0 Å². The molecule has 0 aromatic heterocycles. The maximum atomic E-state index is 11.8. The van der Waals surface area contributed by atoms with Crippen LogP contribution in [-0.2, 0) is 4.79 Å². The standard InChI is InChI=1S/C15H30N2O/c1-15(2,10-11-16)9-8-14(18)17-12-13-6-4-3-5-7-13/h13H,3-12,16H2,1-2H3,(H,17,18). The average molecular weight is 254 g/mol. The van der Waals surface area contributed by atoms with Crippen LogP contribution in [0.1, 0.15) is 65.2 Å². The van der Waals surface area contributed by atoms with E-state index in [4.69, 9.17) is 5.73 Å². The van der Waals surface area contributed by atoms with Crippen LogP contribution in [0.2, 0.25) is 0 Å². The molecule has 0 radical (unpaired) electrons. The average Bonchev–Trinajstić information content (AvgIpc) is 2.35. The summed E-state index contributed by atoms with van der Waals surface area (Å²) in [5.74, 6) is 0.936. The molecular weight excluding hydrogens is 224 g/mol. The Bertz CT molecular complexity index is 245. The summed E-state index contributed by atoms with van der Waals surface area (Å²) >= 11 is 0. The summed E-state index contributed by atoms with van der Waals surface area (Å²) < 4.78 is 0. The molecule has 0 unspecified atom stereocenters. The Balaban J connectivity index is 2.13. The molecule has 1 saturated carbocycles. The Hall–Kier alpha value is -0.570. The van der Waals surface area contributed by atoms with Gasteiger partial charge >= 0.3 is 0 Å². The third kappa shape index (κ3) is 6.39. The number of carbonyl (C=O) groups is 1. The van der Waals surface area contributed by atoms with Crippen LogP contribution in [0.25, 0.3) is 0 Å². The van der Waals surface area contributed by atoms with Crippen molar-refractivity contribution in [2.24, 2.45) is 17.1 Å². The topological polar surface area (TPSA) is 55.1 Å². The Morgan fingerprint density at radius 1 is 1.22 bits per heavy atom. The van der Waals surface area contributed by atoms with Crippen molar-refractivity contribution in [2.45, 2.75) is 65.2 Å². The van der Waals surface area contributed by atoms with Crippen molar-refractivity contribution >= 4 is 5.91 Å². The number of nitrogens with two attached hydrogens (primary N) is 1. The van der Waals surface area contributed by atoms with Gasteiger partial charge in [-0.2, -0.15) is 0 Å². The van der Waals surface area contributed by atoms with Gasteiger partial charge in [0, 0.05) is 13.0 Å². The molecule has 0 aliphatic heterocycles. The molecule has 1 fully saturated rings. The van der Waals surface area contributed by atoms with Crippen LogP contribution in [0.15, 0.2) is 0 Å². The molecule has 1 rings (SSSR count). The first-order chi connectivity index (χ1) is 8.53. The first-order valence-electron chi connectivity index (χ1n) is 7.50. The largest absolute Gasteiger partial charge is 0.356 e. The minimum atomic E-state index is 0.191. The van der Waals surface area contributed by atoms with Gasteiger partial charge in [-0.3, -0.25) is 4.79 Å². The molecule has 0 spiro atoms. The van der Waals surface area contributed by atoms with E-state index in [1.807, 2.05) is 0 Å². The molecule has 1 aliphatic carbocycles. The summed E-state index contributed by atoms with van der Waals surface area (Å²) in [5, 5.41) is 3.10. The van der Waals surface area contributed by atoms with Gasteiger partial charge in [-0.15, -0.1) is 0 Å². The van der Waals surface area contributed by atoms with Crippen molar-refractivity contribution in [3.8, 4) is 0 Å². The summed E-state index contributed by atoms with van der Waals surface area (Å²) in [5.41, 5.74) is 5.77. The lowest BCUT2D eigenvalue weighted by Crippen LogP contribution is -2.31. The molecular formula is C15H30N2O. The fourth-order valence-corrected chi connectivity index (χ4v) is 2.71. The molecule has 0 aromatic carbocycles. The molecule has 3 heteroatoms. The smallest absolute Gasteiger partial charge is 0.220 e. The summed E-state index contributed by atoms with van der Waals surface area (Å²) in [6, 6.07) is 0. The van der Waals surface area contributed by atoms with Gasteiger partial charge in [0.25, 0.3) is 0 Å². The summed E-state index contributed by atoms with van der Waals surface area (Å²) in [6.07, 6.45) is 9.19. The highest BCUT2D eigenvalue weighted by Crippen LogP contribution is 2.26. The molecule has 3 N–H and O–H groups in total. The van der Waals surface area contributed by atoms with Crippen molar-refractivity contribution in [1.29, 1.82) is 0 Å². The van der Waals surface area contributed by atoms with Crippen molar-refractivity contribution < 1.29 is 4.79 Å². The highest BCUT2D eigenvalue weighted by atomic mass is 16.1. The summed E-state index contributed by atoms with van der Waals surface area (Å²) in [6.45, 7) is 5.97. The Labute approximate surface area is 112 Å². The Kier molecular flexibility index (Phi) is 6.69. The van der Waals surface area contributed by atoms with E-state index < -0.39 is 0 Å². The van der Waals surface area contributed by atoms with Gasteiger partial charge in [-0.1, -0.05) is 33.1 Å². The first kappa shape index (κ1) is 15.5. The number of hydrogen-bond acceptors (Lipinski definition) is 2. The van der Waals surface area contributed by atoms with E-state index in [2.05, 4.69) is 19.2 Å². The zero-order valence-corrected chi connectivity index (χ0v) is 12.1. The number of nitrogens with one attached hydrogen (secondary N) is 1. The van der Waals surface area contributed by atoms with Gasteiger partial charge in [0.1, 0.15) is 0 Å². The van der Waals surface area contributed by atoms with E-state index in [-0.39, 0.29) is 11.3 Å². The van der Waals surface area contributed by atoms with E-state index in [1.54, 1.807) is 0 Å². The van der Waals surface area contributed by atoms with Crippen LogP contribution in [0.4, 0.5) is 0 Å². The lowest BCUT2D eigenvalue weighted by atomic mass is 9.84. The van der Waals surface area contributed by atoms with Gasteiger partial charge in [0.05, 0.1) is 0 Å². The van der Waals surface area contributed by atoms with Crippen LogP contribution in [0, 0.1) is 11.3 Å². The third-order valence-corrected chi connectivity index (χ3v) is 4.16. The summed E-state index contributed by atoms with van der Waals surface area (Å²) in [4.78, 5) is 11.8. The van der Waals surface area contributed by atoms with Crippen LogP contribution in [-0.4, -0.2) is 19.0 Å². The van der Waals surface area contributed by atoms with Crippen molar-refractivity contribution in [2.75, 3.05) is 13.1 Å². The second-order valence-corrected chi connectivity index (χ2v) is 6.51. The van der Waals surface area contributed by atoms with E-state index >= 15 is 0 Å². The molecule has 0 aromatic rings. The van der Waals surface area contributed by atoms with Gasteiger partial charge in [-0.25, -0.2) is 0 Å². The quantitative estimate of drug-likeness (QED) is 0.734. The zero-order valence-electron chi connectivity index (χ0n) is 12.1. The van der Waals surface area contributed by atoms with Crippen LogP contribution in [0.3, 0.4) is 0 Å². The Morgan fingerprint density at radius 2 is 1.89 bits per heavy atom. The molecule has 0 bridgehead atoms. The zero-order chi connectivity index (χ0) is 13.4. The third-order valence-electron chi connectivity index (χ3n) is 4.16. The van der Waals surface area contributed by atoms with Crippen molar-refractivity contribution in [3.63, 3.8) is 0 Å². The number of carbonyl (C=O) groups excluding carboxylic acids is 1. The number of hydrogen-bond donors (Lipinski definition) is 2. The lowest BCUT2D eigenvalue weighted by Gasteiger charge is -2.24. The molecule has 106 valence electrons. The number of amides is 1. The first-order valence-corrected chi connectivity index (χ1v) is 7.50. The second kappa shape index (κ2) is 7.78. The predicted octanol–water partition coefficient (Wildman–Crippen LogP) is 2.84.